The van der Waals surface area contributed by atoms with Crippen molar-refractivity contribution in [1.29, 1.82) is 0 Å². The van der Waals surface area contributed by atoms with Gasteiger partial charge in [0.15, 0.2) is 12.3 Å². The maximum Gasteiger partial charge on any atom is 0.417 e. The van der Waals surface area contributed by atoms with Gasteiger partial charge in [-0.1, -0.05) is 11.6 Å². The fourth-order valence-corrected chi connectivity index (χ4v) is 4.19. The zero-order chi connectivity index (χ0) is 21.3. The molecule has 0 saturated carbocycles. The van der Waals surface area contributed by atoms with Crippen LogP contribution < -0.4 is 15.1 Å². The molecular formula is C19H18ClN3O6S. The molecule has 158 valence electrons. The van der Waals surface area contributed by atoms with E-state index < -0.39 is 18.4 Å². The summed E-state index contributed by atoms with van der Waals surface area (Å²) in [6.45, 7) is 0.877. The molecule has 0 aliphatic carbocycles. The van der Waals surface area contributed by atoms with E-state index in [1.165, 1.54) is 0 Å². The highest BCUT2D eigenvalue weighted by Crippen LogP contribution is 2.28. The molecule has 3 amide bonds. The number of carbonyl (C=O) groups is 3. The molecule has 0 radical (unpaired) electrons. The number of hydrogen-bond donors (Lipinski definition) is 2. The van der Waals surface area contributed by atoms with Crippen LogP contribution in [0.25, 0.3) is 0 Å². The predicted octanol–water partition coefficient (Wildman–Crippen LogP) is 1.84. The van der Waals surface area contributed by atoms with Crippen LogP contribution in [0.4, 0.5) is 16.2 Å². The smallest absolute Gasteiger partial charge is 0.417 e. The fourth-order valence-electron chi connectivity index (χ4n) is 3.23. The normalized spacial score (nSPS) is 21.7. The van der Waals surface area contributed by atoms with Crippen LogP contribution in [0.3, 0.4) is 0 Å². The monoisotopic (exact) mass is 451 g/mol. The summed E-state index contributed by atoms with van der Waals surface area (Å²) in [6.07, 6.45) is -2.94. The number of aliphatic hydroxyl groups is 1. The lowest BCUT2D eigenvalue weighted by atomic mass is 10.2. The Morgan fingerprint density at radius 1 is 1.20 bits per heavy atom. The lowest BCUT2D eigenvalue weighted by Gasteiger charge is -2.27. The predicted molar refractivity (Wildman–Crippen MR) is 110 cm³/mol. The van der Waals surface area contributed by atoms with Crippen LogP contribution in [-0.2, 0) is 14.3 Å². The first-order valence-electron chi connectivity index (χ1n) is 9.13. The van der Waals surface area contributed by atoms with Gasteiger partial charge >= 0.3 is 6.09 Å². The number of carbonyl (C=O) groups excluding carboxylic acids is 3. The number of cyclic esters (lactones) is 1. The van der Waals surface area contributed by atoms with Crippen molar-refractivity contribution in [3.63, 3.8) is 0 Å². The van der Waals surface area contributed by atoms with Crippen molar-refractivity contribution < 1.29 is 29.0 Å². The van der Waals surface area contributed by atoms with Crippen molar-refractivity contribution in [2.45, 2.75) is 12.3 Å². The van der Waals surface area contributed by atoms with E-state index in [0.717, 1.165) is 16.2 Å². The summed E-state index contributed by atoms with van der Waals surface area (Å²) < 4.78 is 10.8. The number of morpholine rings is 1. The molecule has 0 unspecified atom stereocenters. The number of hydrogen-bond acceptors (Lipinski definition) is 7. The Hall–Kier alpha value is -2.66. The molecule has 1 aromatic carbocycles. The lowest BCUT2D eigenvalue weighted by molar-refractivity contribution is -0.125. The third-order valence-corrected chi connectivity index (χ3v) is 5.96. The minimum absolute atomic E-state index is 0.0317. The molecular weight excluding hydrogens is 434 g/mol. The van der Waals surface area contributed by atoms with E-state index in [9.17, 15) is 19.5 Å². The number of thiophene rings is 1. The van der Waals surface area contributed by atoms with E-state index in [1.54, 1.807) is 41.3 Å². The standard InChI is InChI=1S/C19H18ClN3O6S/c20-15-6-5-14(30-15)17(25)21-9-13-18(26)23(19(27)29-13)12-3-1-11(2-4-12)22-7-8-28-10-16(22)24/h1-6,13,18,26H,7-10H2,(H,21,25)/t13-,18-/m0/s1. The molecule has 0 bridgehead atoms. The highest BCUT2D eigenvalue weighted by atomic mass is 35.5. The molecule has 2 aliphatic heterocycles. The van der Waals surface area contributed by atoms with Crippen molar-refractivity contribution in [2.75, 3.05) is 36.1 Å². The molecule has 2 atom stereocenters. The van der Waals surface area contributed by atoms with Gasteiger partial charge in [-0.25, -0.2) is 9.69 Å². The van der Waals surface area contributed by atoms with Crippen LogP contribution in [0.15, 0.2) is 36.4 Å². The fraction of sp³-hybridized carbons (Fsp3) is 0.316. The maximum absolute atomic E-state index is 12.3. The summed E-state index contributed by atoms with van der Waals surface area (Å²) in [5, 5.41) is 13.2. The summed E-state index contributed by atoms with van der Waals surface area (Å²) >= 11 is 6.95. The Labute approximate surface area is 180 Å². The van der Waals surface area contributed by atoms with E-state index in [-0.39, 0.29) is 25.0 Å². The van der Waals surface area contributed by atoms with Crippen molar-refractivity contribution in [1.82, 2.24) is 5.32 Å². The Morgan fingerprint density at radius 2 is 1.93 bits per heavy atom. The lowest BCUT2D eigenvalue weighted by Crippen LogP contribution is -2.42. The average Bonchev–Trinajstić information content (AvgIpc) is 3.29. The maximum atomic E-state index is 12.3. The van der Waals surface area contributed by atoms with Crippen molar-refractivity contribution in [3.8, 4) is 0 Å². The van der Waals surface area contributed by atoms with Gasteiger partial charge in [0.25, 0.3) is 11.8 Å². The van der Waals surface area contributed by atoms with E-state index in [4.69, 9.17) is 21.1 Å². The summed E-state index contributed by atoms with van der Waals surface area (Å²) in [5.41, 5.74) is 1.09. The van der Waals surface area contributed by atoms with Crippen molar-refractivity contribution >= 4 is 52.2 Å². The van der Waals surface area contributed by atoms with Gasteiger partial charge in [0.05, 0.1) is 28.1 Å². The molecule has 2 aromatic rings. The Balaban J connectivity index is 1.40. The number of aliphatic hydroxyl groups excluding tert-OH is 1. The zero-order valence-electron chi connectivity index (χ0n) is 15.6. The number of ether oxygens (including phenoxy) is 2. The van der Waals surface area contributed by atoms with Crippen LogP contribution in [0, 0.1) is 0 Å². The molecule has 9 nitrogen and oxygen atoms in total. The topological polar surface area (TPSA) is 108 Å². The van der Waals surface area contributed by atoms with Crippen LogP contribution in [0.5, 0.6) is 0 Å². The van der Waals surface area contributed by atoms with Crippen LogP contribution in [-0.4, -0.2) is 61.6 Å². The molecule has 30 heavy (non-hydrogen) atoms. The van der Waals surface area contributed by atoms with Gasteiger partial charge in [0.1, 0.15) is 6.61 Å². The number of nitrogens with one attached hydrogen (secondary N) is 1. The van der Waals surface area contributed by atoms with Crippen molar-refractivity contribution in [3.05, 3.63) is 45.6 Å². The van der Waals surface area contributed by atoms with E-state index in [1.807, 2.05) is 0 Å². The number of nitrogens with zero attached hydrogens (tertiary/aromatic N) is 2. The Morgan fingerprint density at radius 3 is 2.60 bits per heavy atom. The second-order valence-corrected chi connectivity index (χ2v) is 8.35. The Bertz CT molecular complexity index is 965. The third-order valence-electron chi connectivity index (χ3n) is 4.73. The molecule has 1 aromatic heterocycles. The van der Waals surface area contributed by atoms with Gasteiger partial charge in [-0.15, -0.1) is 11.3 Å². The zero-order valence-corrected chi connectivity index (χ0v) is 17.2. The molecule has 0 spiro atoms. The highest BCUT2D eigenvalue weighted by molar-refractivity contribution is 7.18. The summed E-state index contributed by atoms with van der Waals surface area (Å²) in [5.74, 6) is -0.509. The van der Waals surface area contributed by atoms with Crippen molar-refractivity contribution in [2.24, 2.45) is 0 Å². The molecule has 2 saturated heterocycles. The summed E-state index contributed by atoms with van der Waals surface area (Å²) in [6, 6.07) is 9.82. The molecule has 3 heterocycles. The van der Waals surface area contributed by atoms with Gasteiger partial charge in [0, 0.05) is 12.2 Å². The summed E-state index contributed by atoms with van der Waals surface area (Å²) in [4.78, 5) is 39.5. The van der Waals surface area contributed by atoms with Crippen LogP contribution >= 0.6 is 22.9 Å². The first-order chi connectivity index (χ1) is 14.4. The second-order valence-electron chi connectivity index (χ2n) is 6.63. The van der Waals surface area contributed by atoms with Crippen LogP contribution in [0.1, 0.15) is 9.67 Å². The molecule has 2 fully saturated rings. The van der Waals surface area contributed by atoms with Gasteiger partial charge in [-0.2, -0.15) is 0 Å². The van der Waals surface area contributed by atoms with E-state index in [0.29, 0.717) is 33.7 Å². The highest BCUT2D eigenvalue weighted by Gasteiger charge is 2.41. The van der Waals surface area contributed by atoms with E-state index in [2.05, 4.69) is 5.32 Å². The number of benzene rings is 1. The quantitative estimate of drug-likeness (QED) is 0.718. The average molecular weight is 452 g/mol. The first-order valence-corrected chi connectivity index (χ1v) is 10.3. The van der Waals surface area contributed by atoms with E-state index >= 15 is 0 Å². The molecule has 11 heteroatoms. The van der Waals surface area contributed by atoms with Gasteiger partial charge in [0.2, 0.25) is 0 Å². The Kier molecular flexibility index (Phi) is 5.91. The van der Waals surface area contributed by atoms with Gasteiger partial charge in [-0.3, -0.25) is 9.59 Å². The molecule has 2 N–H and O–H groups in total. The minimum atomic E-state index is -1.28. The molecule has 4 rings (SSSR count). The third kappa shape index (κ3) is 4.12. The number of halogens is 1. The number of rotatable bonds is 5. The number of anilines is 2. The minimum Gasteiger partial charge on any atom is -0.439 e. The van der Waals surface area contributed by atoms with Gasteiger partial charge < -0.3 is 24.8 Å². The SMILES string of the molecule is O=C(NC[C@@H]1OC(=O)N(c2ccc(N3CCOCC3=O)cc2)[C@H]1O)c1ccc(Cl)s1. The molecule has 2 aliphatic rings. The first kappa shape index (κ1) is 20.6. The second kappa shape index (κ2) is 8.60. The number of amides is 3. The largest absolute Gasteiger partial charge is 0.439 e. The van der Waals surface area contributed by atoms with Gasteiger partial charge in [-0.05, 0) is 36.4 Å². The summed E-state index contributed by atoms with van der Waals surface area (Å²) in [7, 11) is 0. The van der Waals surface area contributed by atoms with Crippen LogP contribution in [0.2, 0.25) is 4.34 Å².